The first-order valence-corrected chi connectivity index (χ1v) is 7.56. The van der Waals surface area contributed by atoms with E-state index in [0.717, 1.165) is 0 Å². The molecule has 0 aliphatic rings. The third-order valence-electron chi connectivity index (χ3n) is 3.31. The Kier molecular flexibility index (Phi) is 4.83. The Morgan fingerprint density at radius 3 is 2.83 bits per heavy atom. The zero-order chi connectivity index (χ0) is 16.9. The van der Waals surface area contributed by atoms with Gasteiger partial charge >= 0.3 is 0 Å². The topological polar surface area (TPSA) is 92.9 Å². The van der Waals surface area contributed by atoms with Crippen molar-refractivity contribution in [2.75, 3.05) is 6.54 Å². The van der Waals surface area contributed by atoms with Crippen LogP contribution in [0.15, 0.2) is 55.0 Å². The molecule has 0 bridgehead atoms. The number of benzene rings is 1. The fourth-order valence-electron chi connectivity index (χ4n) is 2.08. The van der Waals surface area contributed by atoms with Crippen molar-refractivity contribution in [3.8, 4) is 5.69 Å². The van der Waals surface area contributed by atoms with Crippen molar-refractivity contribution in [2.24, 2.45) is 0 Å². The second-order valence-corrected chi connectivity index (χ2v) is 5.44. The Labute approximate surface area is 142 Å². The molecule has 2 aromatic heterocycles. The smallest absolute Gasteiger partial charge is 0.273 e. The summed E-state index contributed by atoms with van der Waals surface area (Å²) in [7, 11) is 0. The number of carbonyl (C=O) groups excluding carboxylic acids is 1. The first-order chi connectivity index (χ1) is 11.6. The second kappa shape index (κ2) is 7.20. The van der Waals surface area contributed by atoms with Gasteiger partial charge in [0, 0.05) is 24.0 Å². The van der Waals surface area contributed by atoms with Crippen molar-refractivity contribution in [2.45, 2.75) is 6.10 Å². The van der Waals surface area contributed by atoms with Crippen LogP contribution >= 0.6 is 11.6 Å². The molecule has 2 N–H and O–H groups in total. The van der Waals surface area contributed by atoms with E-state index in [2.05, 4.69) is 20.5 Å². The van der Waals surface area contributed by atoms with Gasteiger partial charge in [-0.1, -0.05) is 17.7 Å². The van der Waals surface area contributed by atoms with Crippen LogP contribution in [0.5, 0.6) is 0 Å². The number of rotatable bonds is 5. The molecule has 0 saturated heterocycles. The number of halogens is 1. The molecule has 0 fully saturated rings. The van der Waals surface area contributed by atoms with Crippen LogP contribution in [0.25, 0.3) is 5.69 Å². The van der Waals surface area contributed by atoms with Crippen LogP contribution in [-0.4, -0.2) is 37.5 Å². The van der Waals surface area contributed by atoms with Gasteiger partial charge in [0.25, 0.3) is 5.91 Å². The van der Waals surface area contributed by atoms with Crippen LogP contribution in [0.1, 0.15) is 22.2 Å². The fourth-order valence-corrected chi connectivity index (χ4v) is 2.26. The highest BCUT2D eigenvalue weighted by Crippen LogP contribution is 2.13. The summed E-state index contributed by atoms with van der Waals surface area (Å²) in [6, 6.07) is 10.4. The van der Waals surface area contributed by atoms with Gasteiger partial charge in [-0.05, 0) is 35.9 Å². The third-order valence-corrected chi connectivity index (χ3v) is 3.55. The molecule has 122 valence electrons. The van der Waals surface area contributed by atoms with Gasteiger partial charge in [-0.15, -0.1) is 5.10 Å². The summed E-state index contributed by atoms with van der Waals surface area (Å²) in [6.07, 6.45) is 3.70. The monoisotopic (exact) mass is 343 g/mol. The number of carbonyl (C=O) groups is 1. The molecule has 3 aromatic rings. The Hall–Kier alpha value is -2.77. The maximum atomic E-state index is 12.1. The van der Waals surface area contributed by atoms with Crippen LogP contribution < -0.4 is 5.32 Å². The minimum atomic E-state index is -0.820. The highest BCUT2D eigenvalue weighted by Gasteiger charge is 2.14. The van der Waals surface area contributed by atoms with E-state index in [0.29, 0.717) is 16.3 Å². The number of pyridine rings is 1. The summed E-state index contributed by atoms with van der Waals surface area (Å²) in [5, 5.41) is 21.4. The second-order valence-electron chi connectivity index (χ2n) is 5.01. The van der Waals surface area contributed by atoms with Crippen LogP contribution in [0.4, 0.5) is 0 Å². The van der Waals surface area contributed by atoms with Gasteiger partial charge < -0.3 is 10.4 Å². The molecule has 7 nitrogen and oxygen atoms in total. The van der Waals surface area contributed by atoms with Crippen LogP contribution in [0.3, 0.4) is 0 Å². The highest BCUT2D eigenvalue weighted by atomic mass is 35.5. The molecule has 0 radical (unpaired) electrons. The van der Waals surface area contributed by atoms with Crippen molar-refractivity contribution in [3.63, 3.8) is 0 Å². The lowest BCUT2D eigenvalue weighted by Crippen LogP contribution is -2.28. The maximum Gasteiger partial charge on any atom is 0.273 e. The van der Waals surface area contributed by atoms with Gasteiger partial charge in [-0.3, -0.25) is 9.78 Å². The quantitative estimate of drug-likeness (QED) is 0.736. The van der Waals surface area contributed by atoms with Gasteiger partial charge in [-0.25, -0.2) is 0 Å². The van der Waals surface area contributed by atoms with Gasteiger partial charge in [0.05, 0.1) is 18.0 Å². The molecule has 1 unspecified atom stereocenters. The van der Waals surface area contributed by atoms with Crippen molar-refractivity contribution in [1.82, 2.24) is 25.3 Å². The predicted molar refractivity (Wildman–Crippen MR) is 87.9 cm³/mol. The zero-order valence-corrected chi connectivity index (χ0v) is 13.3. The van der Waals surface area contributed by atoms with E-state index in [1.54, 1.807) is 48.8 Å². The van der Waals surface area contributed by atoms with E-state index in [-0.39, 0.29) is 12.2 Å². The average Bonchev–Trinajstić information content (AvgIpc) is 3.10. The number of aliphatic hydroxyl groups excluding tert-OH is 1. The number of nitrogens with zero attached hydrogens (tertiary/aromatic N) is 4. The molecule has 0 aliphatic carbocycles. The van der Waals surface area contributed by atoms with E-state index < -0.39 is 12.0 Å². The van der Waals surface area contributed by atoms with Crippen molar-refractivity contribution in [3.05, 3.63) is 71.3 Å². The molecule has 1 atom stereocenters. The van der Waals surface area contributed by atoms with Crippen LogP contribution in [0.2, 0.25) is 5.02 Å². The van der Waals surface area contributed by atoms with Crippen LogP contribution in [-0.2, 0) is 0 Å². The van der Waals surface area contributed by atoms with E-state index >= 15 is 0 Å². The van der Waals surface area contributed by atoms with Gasteiger partial charge in [-0.2, -0.15) is 9.90 Å². The van der Waals surface area contributed by atoms with Crippen molar-refractivity contribution in [1.29, 1.82) is 0 Å². The summed E-state index contributed by atoms with van der Waals surface area (Å²) in [6.45, 7) is 0.0624. The minimum absolute atomic E-state index is 0.0624. The Morgan fingerprint density at radius 1 is 1.29 bits per heavy atom. The lowest BCUT2D eigenvalue weighted by Gasteiger charge is -2.10. The zero-order valence-electron chi connectivity index (χ0n) is 12.5. The summed E-state index contributed by atoms with van der Waals surface area (Å²) in [4.78, 5) is 17.3. The average molecular weight is 344 g/mol. The molecular weight excluding hydrogens is 330 g/mol. The lowest BCUT2D eigenvalue weighted by molar-refractivity contribution is 0.0911. The van der Waals surface area contributed by atoms with E-state index in [9.17, 15) is 9.90 Å². The number of hydrogen-bond acceptors (Lipinski definition) is 5. The molecule has 1 aromatic carbocycles. The molecular formula is C16H14ClN5O2. The normalized spacial score (nSPS) is 11.9. The molecule has 8 heteroatoms. The SMILES string of the molecule is O=C(NCC(O)c1ccncc1)c1cnn(-c2cccc(Cl)c2)n1. The summed E-state index contributed by atoms with van der Waals surface area (Å²) in [5.41, 5.74) is 1.48. The van der Waals surface area contributed by atoms with E-state index in [1.807, 2.05) is 0 Å². The van der Waals surface area contributed by atoms with Gasteiger partial charge in [0.15, 0.2) is 5.69 Å². The van der Waals surface area contributed by atoms with E-state index in [1.165, 1.54) is 11.0 Å². The molecule has 0 saturated carbocycles. The standard InChI is InChI=1S/C16H14ClN5O2/c17-12-2-1-3-13(8-12)22-20-9-14(21-22)16(24)19-10-15(23)11-4-6-18-7-5-11/h1-9,15,23H,10H2,(H,19,24). The number of nitrogens with one attached hydrogen (secondary N) is 1. The molecule has 3 rings (SSSR count). The number of aliphatic hydroxyl groups is 1. The Balaban J connectivity index is 1.64. The van der Waals surface area contributed by atoms with Crippen molar-refractivity contribution >= 4 is 17.5 Å². The largest absolute Gasteiger partial charge is 0.387 e. The Morgan fingerprint density at radius 2 is 2.08 bits per heavy atom. The highest BCUT2D eigenvalue weighted by molar-refractivity contribution is 6.30. The summed E-state index contributed by atoms with van der Waals surface area (Å²) >= 11 is 5.93. The Bertz CT molecular complexity index is 837. The molecule has 0 spiro atoms. The molecule has 0 aliphatic heterocycles. The van der Waals surface area contributed by atoms with E-state index in [4.69, 9.17) is 11.6 Å². The maximum absolute atomic E-state index is 12.1. The minimum Gasteiger partial charge on any atom is -0.387 e. The van der Waals surface area contributed by atoms with Crippen molar-refractivity contribution < 1.29 is 9.90 Å². The predicted octanol–water partition coefficient (Wildman–Crippen LogP) is 1.78. The number of aromatic nitrogens is 4. The number of amides is 1. The first kappa shape index (κ1) is 16.1. The fraction of sp³-hybridized carbons (Fsp3) is 0.125. The van der Waals surface area contributed by atoms with Crippen LogP contribution in [0, 0.1) is 0 Å². The third kappa shape index (κ3) is 3.76. The lowest BCUT2D eigenvalue weighted by atomic mass is 10.1. The van der Waals surface area contributed by atoms with Gasteiger partial charge in [0.2, 0.25) is 0 Å². The first-order valence-electron chi connectivity index (χ1n) is 7.18. The molecule has 24 heavy (non-hydrogen) atoms. The number of hydrogen-bond donors (Lipinski definition) is 2. The molecule has 1 amide bonds. The molecule has 2 heterocycles. The van der Waals surface area contributed by atoms with Gasteiger partial charge in [0.1, 0.15) is 0 Å². The summed E-state index contributed by atoms with van der Waals surface area (Å²) in [5.74, 6) is -0.420. The summed E-state index contributed by atoms with van der Waals surface area (Å²) < 4.78 is 0.